The first-order chi connectivity index (χ1) is 10.9. The minimum atomic E-state index is -4.04. The molecule has 0 unspecified atom stereocenters. The quantitative estimate of drug-likeness (QED) is 0.702. The van der Waals surface area contributed by atoms with Crippen LogP contribution in [-0.2, 0) is 10.0 Å². The van der Waals surface area contributed by atoms with Gasteiger partial charge in [0.15, 0.2) is 0 Å². The predicted molar refractivity (Wildman–Crippen MR) is 87.7 cm³/mol. The van der Waals surface area contributed by atoms with Crippen LogP contribution < -0.4 is 4.74 Å². The van der Waals surface area contributed by atoms with E-state index in [9.17, 15) is 8.42 Å². The second-order valence-electron chi connectivity index (χ2n) is 4.57. The molecule has 0 saturated heterocycles. The molecule has 0 amide bonds. The van der Waals surface area contributed by atoms with Gasteiger partial charge in [0.05, 0.1) is 16.7 Å². The molecular weight excluding hydrogens is 361 g/mol. The maximum atomic E-state index is 12.8. The number of hydrogen-bond donors (Lipinski definition) is 0. The minimum absolute atomic E-state index is 0.00238. The molecule has 6 nitrogen and oxygen atoms in total. The zero-order valence-corrected chi connectivity index (χ0v) is 14.2. The number of halogens is 2. The van der Waals surface area contributed by atoms with E-state index in [4.69, 9.17) is 27.9 Å². The number of hydrogen-bond acceptors (Lipinski definition) is 5. The molecule has 3 aromatic rings. The van der Waals surface area contributed by atoms with Crippen LogP contribution in [0, 0.1) is 0 Å². The zero-order chi connectivity index (χ0) is 16.6. The summed E-state index contributed by atoms with van der Waals surface area (Å²) in [5.74, 6) is 0.321. The fraction of sp³-hybridized carbons (Fsp3) is 0.143. The summed E-state index contributed by atoms with van der Waals surface area (Å²) < 4.78 is 31.8. The van der Waals surface area contributed by atoms with E-state index in [0.717, 1.165) is 4.09 Å². The van der Waals surface area contributed by atoms with Crippen molar-refractivity contribution in [3.63, 3.8) is 0 Å². The van der Waals surface area contributed by atoms with Crippen molar-refractivity contribution in [2.24, 2.45) is 0 Å². The summed E-state index contributed by atoms with van der Waals surface area (Å²) in [6, 6.07) is 9.34. The highest BCUT2D eigenvalue weighted by Gasteiger charge is 2.25. The van der Waals surface area contributed by atoms with Gasteiger partial charge in [-0.25, -0.2) is 0 Å². The molecule has 0 aliphatic heterocycles. The normalized spacial score (nSPS) is 11.8. The minimum Gasteiger partial charge on any atom is -0.492 e. The molecule has 1 aromatic heterocycles. The SMILES string of the molecule is CCOc1cc(Cl)c(S(=O)(=O)n2nnc3ccccc32)cc1Cl. The first-order valence-electron chi connectivity index (χ1n) is 6.63. The standard InChI is InChI=1S/C14H11Cl2N3O3S/c1-2-22-13-7-10(16)14(8-9(13)15)23(20,21)19-12-6-4-3-5-11(12)17-18-19/h3-8H,2H2,1H3. The predicted octanol–water partition coefficient (Wildman–Crippen LogP) is 3.37. The molecule has 0 aliphatic rings. The lowest BCUT2D eigenvalue weighted by Crippen LogP contribution is -2.15. The third-order valence-electron chi connectivity index (χ3n) is 3.11. The number of benzene rings is 2. The van der Waals surface area contributed by atoms with Crippen LogP contribution in [0.4, 0.5) is 0 Å². The molecule has 0 N–H and O–H groups in total. The van der Waals surface area contributed by atoms with Crippen LogP contribution in [0.3, 0.4) is 0 Å². The molecule has 23 heavy (non-hydrogen) atoms. The summed E-state index contributed by atoms with van der Waals surface area (Å²) in [7, 11) is -4.04. The number of aromatic nitrogens is 3. The van der Waals surface area contributed by atoms with E-state index in [-0.39, 0.29) is 14.9 Å². The Balaban J connectivity index is 2.19. The van der Waals surface area contributed by atoms with Crippen LogP contribution in [0.15, 0.2) is 41.3 Å². The van der Waals surface area contributed by atoms with E-state index in [0.29, 0.717) is 23.4 Å². The lowest BCUT2D eigenvalue weighted by molar-refractivity contribution is 0.340. The fourth-order valence-corrected chi connectivity index (χ4v) is 4.13. The van der Waals surface area contributed by atoms with E-state index < -0.39 is 10.0 Å². The first-order valence-corrected chi connectivity index (χ1v) is 8.82. The maximum Gasteiger partial charge on any atom is 0.286 e. The average Bonchev–Trinajstić information content (AvgIpc) is 2.95. The highest BCUT2D eigenvalue weighted by molar-refractivity contribution is 7.90. The van der Waals surface area contributed by atoms with Crippen LogP contribution in [0.25, 0.3) is 11.0 Å². The Hall–Kier alpha value is -1.83. The number of para-hydroxylation sites is 1. The Morgan fingerprint density at radius 3 is 2.65 bits per heavy atom. The molecule has 9 heteroatoms. The fourth-order valence-electron chi connectivity index (χ4n) is 2.09. The Bertz CT molecular complexity index is 986. The van der Waals surface area contributed by atoms with E-state index in [2.05, 4.69) is 10.3 Å². The summed E-state index contributed by atoms with van der Waals surface area (Å²) in [5, 5.41) is 7.71. The van der Waals surface area contributed by atoms with Crippen LogP contribution in [0.5, 0.6) is 5.75 Å². The molecule has 0 bridgehead atoms. The topological polar surface area (TPSA) is 74.1 Å². The average molecular weight is 372 g/mol. The second-order valence-corrected chi connectivity index (χ2v) is 7.12. The molecule has 0 fully saturated rings. The molecule has 0 saturated carbocycles. The Morgan fingerprint density at radius 1 is 1.17 bits per heavy atom. The zero-order valence-electron chi connectivity index (χ0n) is 11.9. The van der Waals surface area contributed by atoms with E-state index in [1.165, 1.54) is 12.1 Å². The smallest absolute Gasteiger partial charge is 0.286 e. The van der Waals surface area contributed by atoms with Crippen LogP contribution in [0.2, 0.25) is 10.0 Å². The molecule has 3 rings (SSSR count). The molecule has 0 spiro atoms. The van der Waals surface area contributed by atoms with Crippen LogP contribution in [0.1, 0.15) is 6.92 Å². The van der Waals surface area contributed by atoms with Crippen molar-refractivity contribution in [3.8, 4) is 5.75 Å². The van der Waals surface area contributed by atoms with Gasteiger partial charge in [-0.15, -0.1) is 9.19 Å². The molecule has 120 valence electrons. The molecule has 1 heterocycles. The summed E-state index contributed by atoms with van der Waals surface area (Å²) in [6.07, 6.45) is 0. The van der Waals surface area contributed by atoms with Gasteiger partial charge in [-0.2, -0.15) is 8.42 Å². The van der Waals surface area contributed by atoms with E-state index in [1.54, 1.807) is 31.2 Å². The largest absolute Gasteiger partial charge is 0.492 e. The maximum absolute atomic E-state index is 12.8. The summed E-state index contributed by atoms with van der Waals surface area (Å²) in [4.78, 5) is -0.164. The van der Waals surface area contributed by atoms with Crippen LogP contribution in [-0.4, -0.2) is 29.4 Å². The van der Waals surface area contributed by atoms with Crippen molar-refractivity contribution < 1.29 is 13.2 Å². The summed E-state index contributed by atoms with van der Waals surface area (Å²) in [5.41, 5.74) is 0.817. The van der Waals surface area contributed by atoms with Crippen molar-refractivity contribution >= 4 is 44.3 Å². The van der Waals surface area contributed by atoms with E-state index >= 15 is 0 Å². The number of ether oxygens (including phenoxy) is 1. The number of nitrogens with zero attached hydrogens (tertiary/aromatic N) is 3. The summed E-state index contributed by atoms with van der Waals surface area (Å²) >= 11 is 12.2. The van der Waals surface area contributed by atoms with Crippen molar-refractivity contribution in [1.82, 2.24) is 14.4 Å². The van der Waals surface area contributed by atoms with Gasteiger partial charge in [-0.05, 0) is 25.1 Å². The molecule has 2 aromatic carbocycles. The highest BCUT2D eigenvalue weighted by Crippen LogP contribution is 2.34. The summed E-state index contributed by atoms with van der Waals surface area (Å²) in [6.45, 7) is 2.17. The van der Waals surface area contributed by atoms with Crippen molar-refractivity contribution in [1.29, 1.82) is 0 Å². The third-order valence-corrected chi connectivity index (χ3v) is 5.45. The highest BCUT2D eigenvalue weighted by atomic mass is 35.5. The van der Waals surface area contributed by atoms with Crippen molar-refractivity contribution in [3.05, 3.63) is 46.4 Å². The van der Waals surface area contributed by atoms with Gasteiger partial charge < -0.3 is 4.74 Å². The van der Waals surface area contributed by atoms with Gasteiger partial charge in [0, 0.05) is 6.07 Å². The molecule has 0 atom stereocenters. The Morgan fingerprint density at radius 2 is 1.91 bits per heavy atom. The van der Waals surface area contributed by atoms with Crippen molar-refractivity contribution in [2.45, 2.75) is 11.8 Å². The molecule has 0 aliphatic carbocycles. The van der Waals surface area contributed by atoms with Gasteiger partial charge in [-0.3, -0.25) is 0 Å². The Kier molecular flexibility index (Phi) is 4.18. The molecule has 0 radical (unpaired) electrons. The number of fused-ring (bicyclic) bond motifs is 1. The van der Waals surface area contributed by atoms with Gasteiger partial charge >= 0.3 is 0 Å². The van der Waals surface area contributed by atoms with Crippen LogP contribution >= 0.6 is 23.2 Å². The third kappa shape index (κ3) is 2.75. The van der Waals surface area contributed by atoms with Gasteiger partial charge in [0.2, 0.25) is 0 Å². The Labute approximate surface area is 142 Å². The second kappa shape index (κ2) is 5.99. The molecular formula is C14H11Cl2N3O3S. The lowest BCUT2D eigenvalue weighted by Gasteiger charge is -2.11. The lowest BCUT2D eigenvalue weighted by atomic mass is 10.3. The van der Waals surface area contributed by atoms with E-state index in [1.807, 2.05) is 0 Å². The monoisotopic (exact) mass is 371 g/mol. The first kappa shape index (κ1) is 16.0. The van der Waals surface area contributed by atoms with Gasteiger partial charge in [0.25, 0.3) is 10.0 Å². The number of rotatable bonds is 4. The van der Waals surface area contributed by atoms with Crippen molar-refractivity contribution in [2.75, 3.05) is 6.61 Å². The van der Waals surface area contributed by atoms with Gasteiger partial charge in [-0.1, -0.05) is 40.5 Å². The van der Waals surface area contributed by atoms with Gasteiger partial charge in [0.1, 0.15) is 21.7 Å².